The van der Waals surface area contributed by atoms with E-state index in [-0.39, 0.29) is 12.2 Å². The molecular formula is C28H23NO6. The minimum Gasteiger partial charge on any atom is -0.497 e. The SMILES string of the molecule is C#Cc1ccc([C@@H]2c3ccccc3OC(=O)[C@]2(NC(=O)c2ccc(OC)cc2)C(=O)OCC)cc1. The number of benzene rings is 3. The molecular weight excluding hydrogens is 446 g/mol. The molecule has 3 aromatic rings. The zero-order valence-corrected chi connectivity index (χ0v) is 19.2. The first-order chi connectivity index (χ1) is 16.9. The Balaban J connectivity index is 1.90. The lowest BCUT2D eigenvalue weighted by Gasteiger charge is -2.41. The number of hydrogen-bond acceptors (Lipinski definition) is 6. The van der Waals surface area contributed by atoms with Gasteiger partial charge >= 0.3 is 11.9 Å². The number of terminal acetylenes is 1. The van der Waals surface area contributed by atoms with Gasteiger partial charge in [0.25, 0.3) is 5.91 Å². The summed E-state index contributed by atoms with van der Waals surface area (Å²) in [4.78, 5) is 40.5. The zero-order chi connectivity index (χ0) is 25.0. The Kier molecular flexibility index (Phi) is 6.56. The summed E-state index contributed by atoms with van der Waals surface area (Å²) in [7, 11) is 1.51. The molecule has 0 saturated heterocycles. The van der Waals surface area contributed by atoms with Gasteiger partial charge in [0, 0.05) is 16.7 Å². The van der Waals surface area contributed by atoms with Crippen LogP contribution in [0.2, 0.25) is 0 Å². The van der Waals surface area contributed by atoms with Crippen molar-refractivity contribution in [3.05, 3.63) is 95.1 Å². The van der Waals surface area contributed by atoms with Crippen LogP contribution in [0.1, 0.15) is 39.9 Å². The van der Waals surface area contributed by atoms with Crippen LogP contribution in [0, 0.1) is 12.3 Å². The molecule has 0 fully saturated rings. The number of fused-ring (bicyclic) bond motifs is 1. The third-order valence-electron chi connectivity index (χ3n) is 5.86. The van der Waals surface area contributed by atoms with Gasteiger partial charge in [-0.15, -0.1) is 6.42 Å². The van der Waals surface area contributed by atoms with Crippen LogP contribution >= 0.6 is 0 Å². The van der Waals surface area contributed by atoms with E-state index in [4.69, 9.17) is 20.6 Å². The first-order valence-corrected chi connectivity index (χ1v) is 11.0. The molecule has 7 heteroatoms. The van der Waals surface area contributed by atoms with Crippen LogP contribution in [0.25, 0.3) is 0 Å². The van der Waals surface area contributed by atoms with Crippen LogP contribution in [0.15, 0.2) is 72.8 Å². The van der Waals surface area contributed by atoms with E-state index in [1.54, 1.807) is 67.6 Å². The minimum atomic E-state index is -2.18. The van der Waals surface area contributed by atoms with Crippen LogP contribution in [0.5, 0.6) is 11.5 Å². The monoisotopic (exact) mass is 469 g/mol. The Morgan fingerprint density at radius 2 is 1.74 bits per heavy atom. The second-order valence-electron chi connectivity index (χ2n) is 7.84. The number of nitrogens with one attached hydrogen (secondary N) is 1. The summed E-state index contributed by atoms with van der Waals surface area (Å²) in [6.07, 6.45) is 5.50. The van der Waals surface area contributed by atoms with E-state index < -0.39 is 29.3 Å². The molecule has 0 aliphatic carbocycles. The fraction of sp³-hybridized carbons (Fsp3) is 0.179. The van der Waals surface area contributed by atoms with Crippen molar-refractivity contribution in [2.45, 2.75) is 18.4 Å². The van der Waals surface area contributed by atoms with E-state index in [1.165, 1.54) is 19.2 Å². The third-order valence-corrected chi connectivity index (χ3v) is 5.86. The summed E-state index contributed by atoms with van der Waals surface area (Å²) in [6, 6.07) is 20.0. The maximum Gasteiger partial charge on any atom is 0.350 e. The van der Waals surface area contributed by atoms with Crippen LogP contribution in [0.4, 0.5) is 0 Å². The van der Waals surface area contributed by atoms with Crippen LogP contribution in [-0.2, 0) is 14.3 Å². The van der Waals surface area contributed by atoms with Crippen molar-refractivity contribution >= 4 is 17.8 Å². The van der Waals surface area contributed by atoms with Crippen molar-refractivity contribution in [2.24, 2.45) is 0 Å². The van der Waals surface area contributed by atoms with Gasteiger partial charge in [0.15, 0.2) is 0 Å². The molecule has 35 heavy (non-hydrogen) atoms. The lowest BCUT2D eigenvalue weighted by atomic mass is 9.72. The zero-order valence-electron chi connectivity index (χ0n) is 19.2. The van der Waals surface area contributed by atoms with Crippen molar-refractivity contribution in [1.82, 2.24) is 5.32 Å². The van der Waals surface area contributed by atoms with Gasteiger partial charge in [0.1, 0.15) is 11.5 Å². The highest BCUT2D eigenvalue weighted by molar-refractivity contribution is 6.13. The van der Waals surface area contributed by atoms with E-state index in [1.807, 2.05) is 0 Å². The lowest BCUT2D eigenvalue weighted by molar-refractivity contribution is -0.163. The molecule has 7 nitrogen and oxygen atoms in total. The van der Waals surface area contributed by atoms with E-state index in [9.17, 15) is 14.4 Å². The van der Waals surface area contributed by atoms with E-state index in [0.717, 1.165) is 0 Å². The molecule has 0 unspecified atom stereocenters. The molecule has 3 aromatic carbocycles. The predicted octanol–water partition coefficient (Wildman–Crippen LogP) is 3.46. The summed E-state index contributed by atoms with van der Waals surface area (Å²) in [5.74, 6) is -0.0564. The molecule has 0 saturated carbocycles. The fourth-order valence-corrected chi connectivity index (χ4v) is 4.16. The summed E-state index contributed by atoms with van der Waals surface area (Å²) in [5.41, 5.74) is -0.203. The molecule has 0 radical (unpaired) electrons. The Morgan fingerprint density at radius 3 is 2.37 bits per heavy atom. The number of carbonyl (C=O) groups is 3. The van der Waals surface area contributed by atoms with Crippen LogP contribution in [0.3, 0.4) is 0 Å². The average molecular weight is 469 g/mol. The molecule has 1 N–H and O–H groups in total. The van der Waals surface area contributed by atoms with Crippen molar-refractivity contribution in [3.63, 3.8) is 0 Å². The maximum atomic E-state index is 13.6. The number of esters is 2. The Bertz CT molecular complexity index is 1310. The quantitative estimate of drug-likeness (QED) is 0.257. The first-order valence-electron chi connectivity index (χ1n) is 11.0. The smallest absolute Gasteiger partial charge is 0.350 e. The Morgan fingerprint density at radius 1 is 1.06 bits per heavy atom. The van der Waals surface area contributed by atoms with Crippen molar-refractivity contribution in [1.29, 1.82) is 0 Å². The average Bonchev–Trinajstić information content (AvgIpc) is 2.89. The number of carbonyl (C=O) groups excluding carboxylic acids is 3. The molecule has 1 aliphatic rings. The van der Waals surface area contributed by atoms with E-state index >= 15 is 0 Å². The second-order valence-corrected chi connectivity index (χ2v) is 7.84. The minimum absolute atomic E-state index is 0.00331. The maximum absolute atomic E-state index is 13.6. The molecule has 1 heterocycles. The molecule has 176 valence electrons. The van der Waals surface area contributed by atoms with Crippen molar-refractivity contribution < 1.29 is 28.6 Å². The van der Waals surface area contributed by atoms with Crippen molar-refractivity contribution in [2.75, 3.05) is 13.7 Å². The molecule has 4 rings (SSSR count). The van der Waals surface area contributed by atoms with Gasteiger partial charge in [0.05, 0.1) is 19.6 Å². The Labute approximate surface area is 203 Å². The van der Waals surface area contributed by atoms with Crippen LogP contribution in [-0.4, -0.2) is 37.1 Å². The number of hydrogen-bond donors (Lipinski definition) is 1. The highest BCUT2D eigenvalue weighted by Gasteiger charge is 2.60. The topological polar surface area (TPSA) is 90.9 Å². The molecule has 2 atom stereocenters. The molecule has 0 spiro atoms. The lowest BCUT2D eigenvalue weighted by Crippen LogP contribution is -2.67. The molecule has 1 aliphatic heterocycles. The number of methoxy groups -OCH3 is 1. The van der Waals surface area contributed by atoms with Gasteiger partial charge in [-0.1, -0.05) is 36.3 Å². The predicted molar refractivity (Wildman–Crippen MR) is 128 cm³/mol. The fourth-order valence-electron chi connectivity index (χ4n) is 4.16. The van der Waals surface area contributed by atoms with Gasteiger partial charge < -0.3 is 19.5 Å². The number of ether oxygens (including phenoxy) is 3. The number of rotatable bonds is 6. The van der Waals surface area contributed by atoms with E-state index in [0.29, 0.717) is 28.2 Å². The highest BCUT2D eigenvalue weighted by Crippen LogP contribution is 2.45. The Hall–Kier alpha value is -4.57. The first kappa shape index (κ1) is 23.6. The van der Waals surface area contributed by atoms with Gasteiger partial charge in [-0.2, -0.15) is 0 Å². The summed E-state index contributed by atoms with van der Waals surface area (Å²) < 4.78 is 16.1. The molecule has 0 aromatic heterocycles. The normalized spacial score (nSPS) is 18.4. The van der Waals surface area contributed by atoms with Gasteiger partial charge in [-0.05, 0) is 55.0 Å². The van der Waals surface area contributed by atoms with Gasteiger partial charge in [-0.25, -0.2) is 9.59 Å². The second kappa shape index (κ2) is 9.74. The standard InChI is InChI=1S/C28H23NO6/c1-4-18-10-12-19(13-11-18)24-22-8-6-7-9-23(22)35-27(32)28(24,26(31)34-5-2)29-25(30)20-14-16-21(33-3)17-15-20/h1,6-17,24H,5H2,2-3H3,(H,29,30)/t24-,28-/m1/s1. The van der Waals surface area contributed by atoms with Crippen LogP contribution < -0.4 is 14.8 Å². The summed E-state index contributed by atoms with van der Waals surface area (Å²) >= 11 is 0. The van der Waals surface area contributed by atoms with Crippen molar-refractivity contribution in [3.8, 4) is 23.8 Å². The summed E-state index contributed by atoms with van der Waals surface area (Å²) in [6.45, 7) is 1.62. The summed E-state index contributed by atoms with van der Waals surface area (Å²) in [5, 5.41) is 2.67. The largest absolute Gasteiger partial charge is 0.497 e. The number of para-hydroxylation sites is 1. The highest BCUT2D eigenvalue weighted by atomic mass is 16.6. The third kappa shape index (κ3) is 4.22. The molecule has 0 bridgehead atoms. The van der Waals surface area contributed by atoms with Gasteiger partial charge in [-0.3, -0.25) is 4.79 Å². The number of amides is 1. The molecule has 1 amide bonds. The van der Waals surface area contributed by atoms with E-state index in [2.05, 4.69) is 11.2 Å². The van der Waals surface area contributed by atoms with Gasteiger partial charge in [0.2, 0.25) is 5.54 Å².